The van der Waals surface area contributed by atoms with E-state index in [0.717, 1.165) is 16.2 Å². The zero-order valence-corrected chi connectivity index (χ0v) is 14.4. The topological polar surface area (TPSA) is 60.7 Å². The molecule has 0 spiro atoms. The first kappa shape index (κ1) is 16.0. The van der Waals surface area contributed by atoms with Gasteiger partial charge >= 0.3 is 0 Å². The molecular weight excluding hydrogens is 330 g/mol. The highest BCUT2D eigenvalue weighted by atomic mass is 16.5. The smallest absolute Gasteiger partial charge is 0.291 e. The van der Waals surface area contributed by atoms with Crippen LogP contribution in [0, 0.1) is 0 Å². The van der Waals surface area contributed by atoms with Crippen LogP contribution in [0.5, 0.6) is 11.5 Å². The van der Waals surface area contributed by atoms with Gasteiger partial charge in [0, 0.05) is 11.5 Å². The van der Waals surface area contributed by atoms with Gasteiger partial charge in [0.15, 0.2) is 5.76 Å². The molecule has 1 aromatic heterocycles. The number of methoxy groups -OCH3 is 2. The average molecular weight is 347 g/mol. The van der Waals surface area contributed by atoms with Crippen molar-refractivity contribution in [3.63, 3.8) is 0 Å². The standard InChI is InChI=1S/C21H17NO4/c1-24-14-8-10-19(25-2)17(11-14)22-21(23)20-12-16-15-6-4-3-5-13(15)7-9-18(16)26-20/h3-12H,1-2H3,(H,22,23). The molecule has 0 unspecified atom stereocenters. The molecule has 0 saturated carbocycles. The Kier molecular flexibility index (Phi) is 3.97. The van der Waals surface area contributed by atoms with Crippen molar-refractivity contribution >= 4 is 33.3 Å². The van der Waals surface area contributed by atoms with Crippen LogP contribution in [0.3, 0.4) is 0 Å². The molecule has 26 heavy (non-hydrogen) atoms. The van der Waals surface area contributed by atoms with Gasteiger partial charge in [0.1, 0.15) is 17.1 Å². The van der Waals surface area contributed by atoms with E-state index in [9.17, 15) is 4.79 Å². The number of carbonyl (C=O) groups excluding carboxylic acids is 1. The minimum Gasteiger partial charge on any atom is -0.497 e. The Bertz CT molecular complexity index is 1110. The highest BCUT2D eigenvalue weighted by Gasteiger charge is 2.16. The molecule has 1 heterocycles. The zero-order valence-electron chi connectivity index (χ0n) is 14.4. The molecule has 0 fully saturated rings. The molecule has 0 aliphatic rings. The first-order valence-electron chi connectivity index (χ1n) is 8.14. The van der Waals surface area contributed by atoms with E-state index in [2.05, 4.69) is 5.32 Å². The summed E-state index contributed by atoms with van der Waals surface area (Å²) in [5.74, 6) is 1.05. The fraction of sp³-hybridized carbons (Fsp3) is 0.0952. The number of anilines is 1. The van der Waals surface area contributed by atoms with Gasteiger partial charge in [-0.25, -0.2) is 0 Å². The maximum absolute atomic E-state index is 12.7. The van der Waals surface area contributed by atoms with Crippen molar-refractivity contribution in [3.05, 3.63) is 66.4 Å². The van der Waals surface area contributed by atoms with Crippen LogP contribution in [-0.4, -0.2) is 20.1 Å². The molecule has 0 saturated heterocycles. The summed E-state index contributed by atoms with van der Waals surface area (Å²) >= 11 is 0. The van der Waals surface area contributed by atoms with Gasteiger partial charge in [0.05, 0.1) is 19.9 Å². The number of amides is 1. The van der Waals surface area contributed by atoms with Crippen LogP contribution in [0.15, 0.2) is 65.1 Å². The van der Waals surface area contributed by atoms with Crippen molar-refractivity contribution in [1.82, 2.24) is 0 Å². The van der Waals surface area contributed by atoms with E-state index in [1.807, 2.05) is 36.4 Å². The molecular formula is C21H17NO4. The molecule has 4 aromatic rings. The highest BCUT2D eigenvalue weighted by molar-refractivity contribution is 6.11. The van der Waals surface area contributed by atoms with Gasteiger partial charge in [-0.05, 0) is 35.0 Å². The fourth-order valence-corrected chi connectivity index (χ4v) is 3.00. The maximum atomic E-state index is 12.7. The second-order valence-corrected chi connectivity index (χ2v) is 5.83. The third kappa shape index (κ3) is 2.73. The lowest BCUT2D eigenvalue weighted by molar-refractivity contribution is 0.0998. The van der Waals surface area contributed by atoms with E-state index in [-0.39, 0.29) is 11.7 Å². The number of fused-ring (bicyclic) bond motifs is 3. The Hall–Kier alpha value is -3.47. The Morgan fingerprint density at radius 3 is 2.58 bits per heavy atom. The molecule has 3 aromatic carbocycles. The SMILES string of the molecule is COc1ccc(OC)c(NC(=O)c2cc3c(ccc4ccccc43)o2)c1. The van der Waals surface area contributed by atoms with E-state index < -0.39 is 0 Å². The second-order valence-electron chi connectivity index (χ2n) is 5.83. The Balaban J connectivity index is 1.72. The van der Waals surface area contributed by atoms with Crippen LogP contribution in [0.2, 0.25) is 0 Å². The normalized spacial score (nSPS) is 10.8. The molecule has 4 rings (SSSR count). The van der Waals surface area contributed by atoms with Crippen LogP contribution in [0.1, 0.15) is 10.6 Å². The van der Waals surface area contributed by atoms with Gasteiger partial charge in [-0.15, -0.1) is 0 Å². The molecule has 0 bridgehead atoms. The van der Waals surface area contributed by atoms with Crippen LogP contribution >= 0.6 is 0 Å². The van der Waals surface area contributed by atoms with Gasteiger partial charge in [0.25, 0.3) is 5.91 Å². The van der Waals surface area contributed by atoms with E-state index >= 15 is 0 Å². The summed E-state index contributed by atoms with van der Waals surface area (Å²) in [6, 6.07) is 18.8. The van der Waals surface area contributed by atoms with Gasteiger partial charge in [-0.2, -0.15) is 0 Å². The van der Waals surface area contributed by atoms with Crippen LogP contribution in [0.4, 0.5) is 5.69 Å². The number of rotatable bonds is 4. The van der Waals surface area contributed by atoms with E-state index in [4.69, 9.17) is 13.9 Å². The number of ether oxygens (including phenoxy) is 2. The summed E-state index contributed by atoms with van der Waals surface area (Å²) in [4.78, 5) is 12.7. The summed E-state index contributed by atoms with van der Waals surface area (Å²) in [6.45, 7) is 0. The van der Waals surface area contributed by atoms with Crippen molar-refractivity contribution in [2.24, 2.45) is 0 Å². The number of benzene rings is 3. The molecule has 0 radical (unpaired) electrons. The number of hydrogen-bond acceptors (Lipinski definition) is 4. The van der Waals surface area contributed by atoms with Crippen molar-refractivity contribution in [3.8, 4) is 11.5 Å². The van der Waals surface area contributed by atoms with Gasteiger partial charge in [-0.3, -0.25) is 4.79 Å². The van der Waals surface area contributed by atoms with Gasteiger partial charge < -0.3 is 19.2 Å². The minimum atomic E-state index is -0.350. The number of nitrogens with one attached hydrogen (secondary N) is 1. The molecule has 1 amide bonds. The predicted molar refractivity (Wildman–Crippen MR) is 101 cm³/mol. The van der Waals surface area contributed by atoms with Crippen LogP contribution in [-0.2, 0) is 0 Å². The van der Waals surface area contributed by atoms with Crippen molar-refractivity contribution in [2.45, 2.75) is 0 Å². The summed E-state index contributed by atoms with van der Waals surface area (Å²) in [6.07, 6.45) is 0. The Morgan fingerprint density at radius 1 is 0.923 bits per heavy atom. The Labute approximate surface area is 150 Å². The third-order valence-electron chi connectivity index (χ3n) is 4.30. The second kappa shape index (κ2) is 6.44. The first-order valence-corrected chi connectivity index (χ1v) is 8.14. The lowest BCUT2D eigenvalue weighted by Gasteiger charge is -2.10. The van der Waals surface area contributed by atoms with E-state index in [0.29, 0.717) is 22.8 Å². The third-order valence-corrected chi connectivity index (χ3v) is 4.30. The van der Waals surface area contributed by atoms with E-state index in [1.165, 1.54) is 0 Å². The predicted octanol–water partition coefficient (Wildman–Crippen LogP) is 4.86. The highest BCUT2D eigenvalue weighted by Crippen LogP contribution is 2.31. The summed E-state index contributed by atoms with van der Waals surface area (Å²) in [5, 5.41) is 5.88. The van der Waals surface area contributed by atoms with Gasteiger partial charge in [0.2, 0.25) is 0 Å². The lowest BCUT2D eigenvalue weighted by Crippen LogP contribution is -2.11. The molecule has 0 aliphatic heterocycles. The quantitative estimate of drug-likeness (QED) is 0.573. The number of hydrogen-bond donors (Lipinski definition) is 1. The van der Waals surface area contributed by atoms with Gasteiger partial charge in [-0.1, -0.05) is 30.3 Å². The zero-order chi connectivity index (χ0) is 18.1. The first-order chi connectivity index (χ1) is 12.7. The number of furan rings is 1. The van der Waals surface area contributed by atoms with Crippen molar-refractivity contribution in [2.75, 3.05) is 19.5 Å². The minimum absolute atomic E-state index is 0.237. The lowest BCUT2D eigenvalue weighted by atomic mass is 10.1. The number of carbonyl (C=O) groups is 1. The molecule has 5 heteroatoms. The monoisotopic (exact) mass is 347 g/mol. The molecule has 0 atom stereocenters. The largest absolute Gasteiger partial charge is 0.497 e. The summed E-state index contributed by atoms with van der Waals surface area (Å²) < 4.78 is 16.3. The molecule has 130 valence electrons. The van der Waals surface area contributed by atoms with E-state index in [1.54, 1.807) is 38.5 Å². The summed E-state index contributed by atoms with van der Waals surface area (Å²) in [5.41, 5.74) is 1.19. The fourth-order valence-electron chi connectivity index (χ4n) is 3.00. The molecule has 5 nitrogen and oxygen atoms in total. The van der Waals surface area contributed by atoms with Crippen LogP contribution < -0.4 is 14.8 Å². The Morgan fingerprint density at radius 2 is 1.77 bits per heavy atom. The summed E-state index contributed by atoms with van der Waals surface area (Å²) in [7, 11) is 3.11. The average Bonchev–Trinajstić information content (AvgIpc) is 3.13. The van der Waals surface area contributed by atoms with Crippen molar-refractivity contribution in [1.29, 1.82) is 0 Å². The maximum Gasteiger partial charge on any atom is 0.291 e. The molecule has 0 aliphatic carbocycles. The van der Waals surface area contributed by atoms with Crippen LogP contribution in [0.25, 0.3) is 21.7 Å². The van der Waals surface area contributed by atoms with Crippen molar-refractivity contribution < 1.29 is 18.7 Å². The molecule has 1 N–H and O–H groups in total.